The molecule has 4 nitrogen and oxygen atoms in total. The fraction of sp³-hybridized carbons (Fsp3) is 0.100. The number of carboxylic acids is 1. The van der Waals surface area contributed by atoms with Gasteiger partial charge in [0, 0.05) is 26.0 Å². The summed E-state index contributed by atoms with van der Waals surface area (Å²) >= 11 is 0. The van der Waals surface area contributed by atoms with Crippen molar-refractivity contribution >= 4 is 34.3 Å². The van der Waals surface area contributed by atoms with E-state index in [1.54, 1.807) is 12.3 Å². The summed E-state index contributed by atoms with van der Waals surface area (Å²) in [5.41, 5.74) is 2.68. The standard InChI is InChI=1S/C20H18N2O2/c1-22(2)17-9-7-14(8-10-17)13-21-19-12-16-6-4-3-5-15(16)11-18(19)20(23)24/h3-13H,1-2H3,(H,23,24). The third kappa shape index (κ3) is 3.27. The Morgan fingerprint density at radius 1 is 1.00 bits per heavy atom. The van der Waals surface area contributed by atoms with Gasteiger partial charge in [-0.15, -0.1) is 0 Å². The number of fused-ring (bicyclic) bond motifs is 1. The van der Waals surface area contributed by atoms with Crippen molar-refractivity contribution in [2.24, 2.45) is 4.99 Å². The van der Waals surface area contributed by atoms with Crippen molar-refractivity contribution in [2.75, 3.05) is 19.0 Å². The summed E-state index contributed by atoms with van der Waals surface area (Å²) in [6, 6.07) is 19.1. The largest absolute Gasteiger partial charge is 0.478 e. The Bertz CT molecular complexity index is 913. The first-order valence-electron chi connectivity index (χ1n) is 7.62. The zero-order valence-electron chi connectivity index (χ0n) is 13.6. The maximum absolute atomic E-state index is 11.5. The second-order valence-corrected chi connectivity index (χ2v) is 5.77. The lowest BCUT2D eigenvalue weighted by Gasteiger charge is -2.11. The number of hydrogen-bond donors (Lipinski definition) is 1. The molecule has 0 amide bonds. The minimum absolute atomic E-state index is 0.204. The first kappa shape index (κ1) is 15.7. The average molecular weight is 318 g/mol. The van der Waals surface area contributed by atoms with Crippen LogP contribution in [-0.4, -0.2) is 31.4 Å². The van der Waals surface area contributed by atoms with Gasteiger partial charge in [0.05, 0.1) is 11.3 Å². The molecule has 0 spiro atoms. The van der Waals surface area contributed by atoms with Gasteiger partial charge in [-0.25, -0.2) is 4.79 Å². The predicted octanol–water partition coefficient (Wildman–Crippen LogP) is 4.35. The Morgan fingerprint density at radius 2 is 1.62 bits per heavy atom. The summed E-state index contributed by atoms with van der Waals surface area (Å²) in [4.78, 5) is 17.9. The number of nitrogens with zero attached hydrogens (tertiary/aromatic N) is 2. The molecule has 24 heavy (non-hydrogen) atoms. The SMILES string of the molecule is CN(C)c1ccc(C=Nc2cc3ccccc3cc2C(=O)O)cc1. The quantitative estimate of drug-likeness (QED) is 0.727. The van der Waals surface area contributed by atoms with Gasteiger partial charge >= 0.3 is 5.97 Å². The molecule has 1 N–H and O–H groups in total. The average Bonchev–Trinajstić information content (AvgIpc) is 2.59. The van der Waals surface area contributed by atoms with E-state index in [2.05, 4.69) is 4.99 Å². The first-order valence-corrected chi connectivity index (χ1v) is 7.62. The van der Waals surface area contributed by atoms with Crippen molar-refractivity contribution < 1.29 is 9.90 Å². The molecule has 0 aliphatic rings. The highest BCUT2D eigenvalue weighted by Crippen LogP contribution is 2.26. The minimum atomic E-state index is -0.976. The van der Waals surface area contributed by atoms with E-state index in [1.807, 2.05) is 73.6 Å². The van der Waals surface area contributed by atoms with E-state index in [4.69, 9.17) is 0 Å². The number of carbonyl (C=O) groups is 1. The molecule has 0 fully saturated rings. The van der Waals surface area contributed by atoms with E-state index < -0.39 is 5.97 Å². The Hall–Kier alpha value is -3.14. The summed E-state index contributed by atoms with van der Waals surface area (Å²) < 4.78 is 0. The number of rotatable bonds is 4. The van der Waals surface area contributed by atoms with Crippen molar-refractivity contribution in [3.8, 4) is 0 Å². The lowest BCUT2D eigenvalue weighted by Crippen LogP contribution is -2.08. The van der Waals surface area contributed by atoms with Crippen molar-refractivity contribution in [2.45, 2.75) is 0 Å². The molecule has 120 valence electrons. The number of anilines is 1. The van der Waals surface area contributed by atoms with Gasteiger partial charge in [0.25, 0.3) is 0 Å². The highest BCUT2D eigenvalue weighted by Gasteiger charge is 2.10. The van der Waals surface area contributed by atoms with Gasteiger partial charge < -0.3 is 10.0 Å². The molecule has 0 atom stereocenters. The topological polar surface area (TPSA) is 52.9 Å². The van der Waals surface area contributed by atoms with Gasteiger partial charge in [-0.3, -0.25) is 4.99 Å². The van der Waals surface area contributed by atoms with E-state index in [-0.39, 0.29) is 5.56 Å². The molecule has 0 heterocycles. The van der Waals surface area contributed by atoms with Crippen molar-refractivity contribution in [1.82, 2.24) is 0 Å². The number of carboxylic acid groups (broad SMARTS) is 1. The molecule has 0 saturated carbocycles. The van der Waals surface area contributed by atoms with Gasteiger partial charge in [-0.1, -0.05) is 36.4 Å². The lowest BCUT2D eigenvalue weighted by atomic mass is 10.1. The van der Waals surface area contributed by atoms with Crippen LogP contribution in [0, 0.1) is 0 Å². The smallest absolute Gasteiger partial charge is 0.337 e. The molecule has 0 radical (unpaired) electrons. The lowest BCUT2D eigenvalue weighted by molar-refractivity contribution is 0.0698. The molecular weight excluding hydrogens is 300 g/mol. The van der Waals surface area contributed by atoms with Crippen LogP contribution in [0.3, 0.4) is 0 Å². The van der Waals surface area contributed by atoms with Crippen LogP contribution in [0.15, 0.2) is 65.7 Å². The third-order valence-corrected chi connectivity index (χ3v) is 3.86. The van der Waals surface area contributed by atoms with Crippen LogP contribution in [-0.2, 0) is 0 Å². The Balaban J connectivity index is 1.98. The van der Waals surface area contributed by atoms with E-state index in [0.29, 0.717) is 5.69 Å². The number of aromatic carboxylic acids is 1. The van der Waals surface area contributed by atoms with Crippen LogP contribution >= 0.6 is 0 Å². The summed E-state index contributed by atoms with van der Waals surface area (Å²) in [6.45, 7) is 0. The summed E-state index contributed by atoms with van der Waals surface area (Å²) in [6.07, 6.45) is 1.69. The van der Waals surface area contributed by atoms with Crippen LogP contribution < -0.4 is 4.90 Å². The van der Waals surface area contributed by atoms with Crippen molar-refractivity contribution in [3.05, 3.63) is 71.8 Å². The zero-order valence-corrected chi connectivity index (χ0v) is 13.6. The normalized spacial score (nSPS) is 11.1. The van der Waals surface area contributed by atoms with Crippen LogP contribution in [0.2, 0.25) is 0 Å². The molecule has 0 aliphatic heterocycles. The first-order chi connectivity index (χ1) is 11.5. The van der Waals surface area contributed by atoms with E-state index in [9.17, 15) is 9.90 Å². The van der Waals surface area contributed by atoms with E-state index >= 15 is 0 Å². The van der Waals surface area contributed by atoms with Crippen molar-refractivity contribution in [3.63, 3.8) is 0 Å². The van der Waals surface area contributed by atoms with Crippen LogP contribution in [0.1, 0.15) is 15.9 Å². The summed E-state index contributed by atoms with van der Waals surface area (Å²) in [5, 5.41) is 11.3. The number of benzene rings is 3. The van der Waals surface area contributed by atoms with Gasteiger partial charge in [-0.2, -0.15) is 0 Å². The number of hydrogen-bond acceptors (Lipinski definition) is 3. The second-order valence-electron chi connectivity index (χ2n) is 5.77. The predicted molar refractivity (Wildman–Crippen MR) is 98.9 cm³/mol. The van der Waals surface area contributed by atoms with Gasteiger partial charge in [0.15, 0.2) is 0 Å². The minimum Gasteiger partial charge on any atom is -0.478 e. The molecule has 0 saturated heterocycles. The van der Waals surface area contributed by atoms with Crippen LogP contribution in [0.4, 0.5) is 11.4 Å². The maximum Gasteiger partial charge on any atom is 0.337 e. The molecule has 3 rings (SSSR count). The molecule has 3 aromatic rings. The molecule has 4 heteroatoms. The van der Waals surface area contributed by atoms with Crippen molar-refractivity contribution in [1.29, 1.82) is 0 Å². The maximum atomic E-state index is 11.5. The number of aliphatic imine (C=N–C) groups is 1. The second kappa shape index (κ2) is 6.54. The summed E-state index contributed by atoms with van der Waals surface area (Å²) in [5.74, 6) is -0.976. The third-order valence-electron chi connectivity index (χ3n) is 3.86. The van der Waals surface area contributed by atoms with Gasteiger partial charge in [-0.05, 0) is 40.6 Å². The molecule has 0 bridgehead atoms. The van der Waals surface area contributed by atoms with Gasteiger partial charge in [0.1, 0.15) is 0 Å². The fourth-order valence-corrected chi connectivity index (χ4v) is 2.51. The van der Waals surface area contributed by atoms with Crippen LogP contribution in [0.5, 0.6) is 0 Å². The molecule has 0 aromatic heterocycles. The highest BCUT2D eigenvalue weighted by atomic mass is 16.4. The fourth-order valence-electron chi connectivity index (χ4n) is 2.51. The molecule has 0 unspecified atom stereocenters. The summed E-state index contributed by atoms with van der Waals surface area (Å²) in [7, 11) is 3.97. The van der Waals surface area contributed by atoms with E-state index in [1.165, 1.54) is 0 Å². The van der Waals surface area contributed by atoms with Crippen LogP contribution in [0.25, 0.3) is 10.8 Å². The molecular formula is C20H18N2O2. The Morgan fingerprint density at radius 3 is 2.21 bits per heavy atom. The monoisotopic (exact) mass is 318 g/mol. The Labute approximate surface area is 140 Å². The zero-order chi connectivity index (χ0) is 17.1. The molecule has 3 aromatic carbocycles. The van der Waals surface area contributed by atoms with E-state index in [0.717, 1.165) is 22.0 Å². The molecule has 0 aliphatic carbocycles. The Kier molecular flexibility index (Phi) is 4.29. The van der Waals surface area contributed by atoms with Gasteiger partial charge in [0.2, 0.25) is 0 Å². The highest BCUT2D eigenvalue weighted by molar-refractivity contribution is 6.01.